The number of carbonyl (C=O) groups excluding carboxylic acids is 1. The zero-order valence-corrected chi connectivity index (χ0v) is 18.2. The van der Waals surface area contributed by atoms with Crippen LogP contribution in [0.4, 0.5) is 0 Å². The first-order valence-electron chi connectivity index (χ1n) is 10.3. The lowest BCUT2D eigenvalue weighted by Crippen LogP contribution is -2.22. The quantitative estimate of drug-likeness (QED) is 0.316. The standard InChI is InChI=1S/C24H33NO3.ClH/c1-27-24(26)14-10-5-3-2-4-7-11-21(25)19-20-15-17-23(18-16-20)28-22-12-8-6-9-13-22;/h6,8-9,12-13,15-18,21H,2-5,7,10-11,14,19,25H2,1H3;1H. The molecule has 2 rings (SSSR count). The van der Waals surface area contributed by atoms with Gasteiger partial charge in [-0.1, -0.05) is 62.4 Å². The number of halogens is 1. The number of methoxy groups -OCH3 is 1. The van der Waals surface area contributed by atoms with Crippen LogP contribution in [-0.4, -0.2) is 19.1 Å². The number of rotatable bonds is 13. The average molecular weight is 420 g/mol. The number of hydrogen-bond donors (Lipinski definition) is 1. The minimum atomic E-state index is -0.106. The SMILES string of the molecule is COC(=O)CCCCCCCCC(N)Cc1ccc(Oc2ccccc2)cc1.Cl. The van der Waals surface area contributed by atoms with Gasteiger partial charge in [0.2, 0.25) is 0 Å². The largest absolute Gasteiger partial charge is 0.469 e. The van der Waals surface area contributed by atoms with Gasteiger partial charge in [0.15, 0.2) is 0 Å². The highest BCUT2D eigenvalue weighted by molar-refractivity contribution is 5.85. The maximum Gasteiger partial charge on any atom is 0.305 e. The summed E-state index contributed by atoms with van der Waals surface area (Å²) in [5.41, 5.74) is 7.54. The molecule has 0 heterocycles. The number of ether oxygens (including phenoxy) is 2. The number of carbonyl (C=O) groups is 1. The van der Waals surface area contributed by atoms with Crippen LogP contribution in [0.25, 0.3) is 0 Å². The molecule has 1 unspecified atom stereocenters. The van der Waals surface area contributed by atoms with Crippen molar-refractivity contribution < 1.29 is 14.3 Å². The van der Waals surface area contributed by atoms with Crippen LogP contribution < -0.4 is 10.5 Å². The van der Waals surface area contributed by atoms with Crippen molar-refractivity contribution in [2.24, 2.45) is 5.73 Å². The highest BCUT2D eigenvalue weighted by atomic mass is 35.5. The van der Waals surface area contributed by atoms with Gasteiger partial charge in [0, 0.05) is 12.5 Å². The molecule has 2 N–H and O–H groups in total. The normalized spacial score (nSPS) is 11.4. The Kier molecular flexibility index (Phi) is 12.8. The monoisotopic (exact) mass is 419 g/mol. The summed E-state index contributed by atoms with van der Waals surface area (Å²) in [7, 11) is 1.44. The Morgan fingerprint density at radius 3 is 2.10 bits per heavy atom. The molecule has 29 heavy (non-hydrogen) atoms. The van der Waals surface area contributed by atoms with E-state index in [9.17, 15) is 4.79 Å². The second-order valence-electron chi connectivity index (χ2n) is 7.26. The fourth-order valence-electron chi connectivity index (χ4n) is 3.21. The number of nitrogens with two attached hydrogens (primary N) is 1. The lowest BCUT2D eigenvalue weighted by atomic mass is 10.00. The van der Waals surface area contributed by atoms with E-state index in [4.69, 9.17) is 10.5 Å². The van der Waals surface area contributed by atoms with Crippen molar-refractivity contribution in [3.05, 3.63) is 60.2 Å². The number of para-hydroxylation sites is 1. The van der Waals surface area contributed by atoms with Gasteiger partial charge < -0.3 is 15.2 Å². The van der Waals surface area contributed by atoms with E-state index in [1.54, 1.807) is 0 Å². The molecule has 0 radical (unpaired) electrons. The first kappa shape index (κ1) is 25.0. The van der Waals surface area contributed by atoms with Gasteiger partial charge >= 0.3 is 5.97 Å². The lowest BCUT2D eigenvalue weighted by Gasteiger charge is -2.12. The van der Waals surface area contributed by atoms with Crippen LogP contribution in [0.2, 0.25) is 0 Å². The molecule has 1 atom stereocenters. The summed E-state index contributed by atoms with van der Waals surface area (Å²) in [5.74, 6) is 1.58. The van der Waals surface area contributed by atoms with E-state index in [1.807, 2.05) is 42.5 Å². The van der Waals surface area contributed by atoms with Crippen LogP contribution >= 0.6 is 12.4 Å². The van der Waals surface area contributed by atoms with Gasteiger partial charge in [-0.15, -0.1) is 12.4 Å². The summed E-state index contributed by atoms with van der Waals surface area (Å²) in [6.45, 7) is 0. The highest BCUT2D eigenvalue weighted by Crippen LogP contribution is 2.21. The topological polar surface area (TPSA) is 61.5 Å². The third-order valence-electron chi connectivity index (χ3n) is 4.83. The van der Waals surface area contributed by atoms with Crippen molar-refractivity contribution in [2.45, 2.75) is 63.8 Å². The zero-order chi connectivity index (χ0) is 20.0. The smallest absolute Gasteiger partial charge is 0.305 e. The number of benzene rings is 2. The summed E-state index contributed by atoms with van der Waals surface area (Å²) in [4.78, 5) is 11.0. The zero-order valence-electron chi connectivity index (χ0n) is 17.3. The van der Waals surface area contributed by atoms with Crippen molar-refractivity contribution >= 4 is 18.4 Å². The second kappa shape index (κ2) is 14.9. The van der Waals surface area contributed by atoms with Gasteiger partial charge in [-0.25, -0.2) is 0 Å². The minimum Gasteiger partial charge on any atom is -0.469 e. The lowest BCUT2D eigenvalue weighted by molar-refractivity contribution is -0.140. The first-order valence-corrected chi connectivity index (χ1v) is 10.3. The molecule has 5 heteroatoms. The summed E-state index contributed by atoms with van der Waals surface area (Å²) in [6.07, 6.45) is 9.25. The van der Waals surface area contributed by atoms with Gasteiger partial charge in [0.25, 0.3) is 0 Å². The van der Waals surface area contributed by atoms with E-state index in [2.05, 4.69) is 16.9 Å². The van der Waals surface area contributed by atoms with Crippen LogP contribution in [0.5, 0.6) is 11.5 Å². The van der Waals surface area contributed by atoms with Gasteiger partial charge in [0.1, 0.15) is 11.5 Å². The molecular weight excluding hydrogens is 386 g/mol. The Balaban J connectivity index is 0.00000420. The summed E-state index contributed by atoms with van der Waals surface area (Å²) in [5, 5.41) is 0. The highest BCUT2D eigenvalue weighted by Gasteiger charge is 2.05. The van der Waals surface area contributed by atoms with Crippen molar-refractivity contribution in [2.75, 3.05) is 7.11 Å². The van der Waals surface area contributed by atoms with E-state index in [0.29, 0.717) is 6.42 Å². The molecule has 0 amide bonds. The molecule has 2 aromatic carbocycles. The molecule has 0 saturated heterocycles. The van der Waals surface area contributed by atoms with E-state index >= 15 is 0 Å². The van der Waals surface area contributed by atoms with E-state index in [1.165, 1.54) is 31.9 Å². The number of unbranched alkanes of at least 4 members (excludes halogenated alkanes) is 5. The van der Waals surface area contributed by atoms with Crippen LogP contribution in [0, 0.1) is 0 Å². The van der Waals surface area contributed by atoms with E-state index in [-0.39, 0.29) is 24.4 Å². The van der Waals surface area contributed by atoms with Crippen molar-refractivity contribution in [3.63, 3.8) is 0 Å². The fourth-order valence-corrected chi connectivity index (χ4v) is 3.21. The summed E-state index contributed by atoms with van der Waals surface area (Å²) >= 11 is 0. The Morgan fingerprint density at radius 1 is 0.862 bits per heavy atom. The molecule has 160 valence electrons. The average Bonchev–Trinajstić information content (AvgIpc) is 2.72. The fraction of sp³-hybridized carbons (Fsp3) is 0.458. The van der Waals surface area contributed by atoms with Crippen molar-refractivity contribution in [1.29, 1.82) is 0 Å². The molecule has 0 aliphatic heterocycles. The molecule has 4 nitrogen and oxygen atoms in total. The van der Waals surface area contributed by atoms with Crippen LogP contribution in [-0.2, 0) is 16.0 Å². The molecule has 0 fully saturated rings. The minimum absolute atomic E-state index is 0. The predicted octanol–water partition coefficient (Wildman–Crippen LogP) is 6.06. The molecule has 0 aliphatic rings. The molecule has 0 saturated carbocycles. The Morgan fingerprint density at radius 2 is 1.45 bits per heavy atom. The molecule has 2 aromatic rings. The van der Waals surface area contributed by atoms with Gasteiger partial charge in [-0.3, -0.25) is 4.79 Å². The van der Waals surface area contributed by atoms with Crippen molar-refractivity contribution in [3.8, 4) is 11.5 Å². The number of hydrogen-bond acceptors (Lipinski definition) is 4. The molecule has 0 aliphatic carbocycles. The third-order valence-corrected chi connectivity index (χ3v) is 4.83. The van der Waals surface area contributed by atoms with Gasteiger partial charge in [0.05, 0.1) is 7.11 Å². The Labute approximate surface area is 181 Å². The molecular formula is C24H34ClNO3. The second-order valence-corrected chi connectivity index (χ2v) is 7.26. The molecule has 0 aromatic heterocycles. The van der Waals surface area contributed by atoms with E-state index in [0.717, 1.165) is 43.6 Å². The van der Waals surface area contributed by atoms with Crippen molar-refractivity contribution in [1.82, 2.24) is 0 Å². The summed E-state index contributed by atoms with van der Waals surface area (Å²) < 4.78 is 10.5. The van der Waals surface area contributed by atoms with Gasteiger partial charge in [-0.2, -0.15) is 0 Å². The predicted molar refractivity (Wildman–Crippen MR) is 121 cm³/mol. The maximum atomic E-state index is 11.0. The Bertz CT molecular complexity index is 676. The van der Waals surface area contributed by atoms with Crippen LogP contribution in [0.3, 0.4) is 0 Å². The Hall–Kier alpha value is -2.04. The van der Waals surface area contributed by atoms with E-state index < -0.39 is 0 Å². The first-order chi connectivity index (χ1) is 13.7. The summed E-state index contributed by atoms with van der Waals surface area (Å²) in [6, 6.07) is 18.2. The number of esters is 1. The molecule has 0 spiro atoms. The third kappa shape index (κ3) is 10.9. The van der Waals surface area contributed by atoms with Gasteiger partial charge in [-0.05, 0) is 49.1 Å². The van der Waals surface area contributed by atoms with Crippen LogP contribution in [0.1, 0.15) is 56.9 Å². The maximum absolute atomic E-state index is 11.0. The molecule has 0 bridgehead atoms. The van der Waals surface area contributed by atoms with Crippen LogP contribution in [0.15, 0.2) is 54.6 Å².